The van der Waals surface area contributed by atoms with Gasteiger partial charge in [-0.25, -0.2) is 14.5 Å². The van der Waals surface area contributed by atoms with Gasteiger partial charge in [0.15, 0.2) is 12.3 Å². The molecule has 3 aromatic rings. The zero-order valence-electron chi connectivity index (χ0n) is 14.3. The summed E-state index contributed by atoms with van der Waals surface area (Å²) in [4.78, 5) is 40.6. The van der Waals surface area contributed by atoms with Crippen molar-refractivity contribution in [1.29, 1.82) is 0 Å². The van der Waals surface area contributed by atoms with Gasteiger partial charge in [-0.3, -0.25) is 9.59 Å². The summed E-state index contributed by atoms with van der Waals surface area (Å²) in [6, 6.07) is 9.70. The van der Waals surface area contributed by atoms with Gasteiger partial charge >= 0.3 is 5.97 Å². The predicted molar refractivity (Wildman–Crippen MR) is 99.8 cm³/mol. The van der Waals surface area contributed by atoms with E-state index < -0.39 is 18.5 Å². The third-order valence-corrected chi connectivity index (χ3v) is 3.91. The summed E-state index contributed by atoms with van der Waals surface area (Å²) >= 11 is 5.73. The number of aryl methyl sites for hydroxylation is 1. The predicted octanol–water partition coefficient (Wildman–Crippen LogP) is 2.26. The normalized spacial score (nSPS) is 10.6. The van der Waals surface area contributed by atoms with Crippen LogP contribution in [0.4, 0.5) is 5.82 Å². The minimum Gasteiger partial charge on any atom is -0.451 e. The SMILES string of the molecule is CCn1nc(C(=O)OCC(=O)Nc2ccc(Cl)cn2)c2ccccc2c1=O. The first-order chi connectivity index (χ1) is 13.0. The fraction of sp³-hybridized carbons (Fsp3) is 0.167. The lowest BCUT2D eigenvalue weighted by atomic mass is 10.1. The number of pyridine rings is 1. The van der Waals surface area contributed by atoms with Gasteiger partial charge in [0, 0.05) is 18.1 Å². The van der Waals surface area contributed by atoms with E-state index in [1.165, 1.54) is 16.9 Å². The van der Waals surface area contributed by atoms with Gasteiger partial charge < -0.3 is 10.1 Å². The molecular formula is C18H15ClN4O4. The van der Waals surface area contributed by atoms with E-state index in [1.807, 2.05) is 0 Å². The van der Waals surface area contributed by atoms with E-state index in [2.05, 4.69) is 15.4 Å². The lowest BCUT2D eigenvalue weighted by Gasteiger charge is -2.09. The number of anilines is 1. The van der Waals surface area contributed by atoms with Crippen LogP contribution in [0.2, 0.25) is 5.02 Å². The fourth-order valence-electron chi connectivity index (χ4n) is 2.43. The van der Waals surface area contributed by atoms with E-state index in [0.717, 1.165) is 0 Å². The standard InChI is InChI=1S/C18H15ClN4O4/c1-2-23-17(25)13-6-4-3-5-12(13)16(22-23)18(26)27-10-15(24)21-14-8-7-11(19)9-20-14/h3-9H,2,10H2,1H3,(H,20,21,24). The molecule has 3 rings (SSSR count). The Labute approximate surface area is 158 Å². The molecule has 0 spiro atoms. The first-order valence-electron chi connectivity index (χ1n) is 8.08. The number of aromatic nitrogens is 3. The number of hydrogen-bond acceptors (Lipinski definition) is 6. The van der Waals surface area contributed by atoms with E-state index in [0.29, 0.717) is 22.3 Å². The molecule has 0 radical (unpaired) electrons. The molecule has 8 nitrogen and oxygen atoms in total. The topological polar surface area (TPSA) is 103 Å². The molecule has 0 saturated carbocycles. The number of fused-ring (bicyclic) bond motifs is 1. The van der Waals surface area contributed by atoms with E-state index in [9.17, 15) is 14.4 Å². The summed E-state index contributed by atoms with van der Waals surface area (Å²) in [5, 5.41) is 7.71. The fourth-order valence-corrected chi connectivity index (χ4v) is 2.54. The number of halogens is 1. The second-order valence-electron chi connectivity index (χ2n) is 5.50. The summed E-state index contributed by atoms with van der Waals surface area (Å²) in [6.45, 7) is 1.52. The maximum atomic E-state index is 12.4. The average molecular weight is 387 g/mol. The molecule has 0 unspecified atom stereocenters. The van der Waals surface area contributed by atoms with Crippen LogP contribution < -0.4 is 10.9 Å². The summed E-state index contributed by atoms with van der Waals surface area (Å²) in [5.41, 5.74) is -0.319. The number of nitrogens with zero attached hydrogens (tertiary/aromatic N) is 3. The van der Waals surface area contributed by atoms with Crippen LogP contribution in [0.15, 0.2) is 47.4 Å². The van der Waals surface area contributed by atoms with Crippen molar-refractivity contribution >= 4 is 40.1 Å². The minimum absolute atomic E-state index is 0.0236. The third-order valence-electron chi connectivity index (χ3n) is 3.69. The highest BCUT2D eigenvalue weighted by Crippen LogP contribution is 2.14. The number of amides is 1. The van der Waals surface area contributed by atoms with Crippen molar-refractivity contribution in [3.8, 4) is 0 Å². The van der Waals surface area contributed by atoms with Crippen molar-refractivity contribution < 1.29 is 14.3 Å². The summed E-state index contributed by atoms with van der Waals surface area (Å²) in [7, 11) is 0. The molecule has 0 bridgehead atoms. The highest BCUT2D eigenvalue weighted by molar-refractivity contribution is 6.30. The van der Waals surface area contributed by atoms with Gasteiger partial charge in [0.25, 0.3) is 11.5 Å². The quantitative estimate of drug-likeness (QED) is 0.674. The van der Waals surface area contributed by atoms with Crippen LogP contribution in [0.1, 0.15) is 17.4 Å². The van der Waals surface area contributed by atoms with Crippen molar-refractivity contribution in [1.82, 2.24) is 14.8 Å². The molecule has 0 aliphatic heterocycles. The number of benzene rings is 1. The Morgan fingerprint density at radius 2 is 1.93 bits per heavy atom. The van der Waals surface area contributed by atoms with Gasteiger partial charge in [-0.1, -0.05) is 29.8 Å². The van der Waals surface area contributed by atoms with E-state index in [4.69, 9.17) is 16.3 Å². The van der Waals surface area contributed by atoms with Crippen LogP contribution >= 0.6 is 11.6 Å². The van der Waals surface area contributed by atoms with Gasteiger partial charge in [0.1, 0.15) is 5.82 Å². The van der Waals surface area contributed by atoms with Gasteiger partial charge in [0.05, 0.1) is 10.4 Å². The first-order valence-corrected chi connectivity index (χ1v) is 8.45. The molecule has 2 aromatic heterocycles. The highest BCUT2D eigenvalue weighted by atomic mass is 35.5. The number of carbonyl (C=O) groups is 2. The second-order valence-corrected chi connectivity index (χ2v) is 5.94. The second kappa shape index (κ2) is 7.96. The summed E-state index contributed by atoms with van der Waals surface area (Å²) in [6.07, 6.45) is 1.38. The van der Waals surface area contributed by atoms with Gasteiger partial charge in [0.2, 0.25) is 0 Å². The number of ether oxygens (including phenoxy) is 1. The average Bonchev–Trinajstić information content (AvgIpc) is 2.68. The number of nitrogens with one attached hydrogen (secondary N) is 1. The van der Waals surface area contributed by atoms with Crippen LogP contribution in [0, 0.1) is 0 Å². The number of hydrogen-bond donors (Lipinski definition) is 1. The molecule has 27 heavy (non-hydrogen) atoms. The van der Waals surface area contributed by atoms with Crippen LogP contribution in [-0.4, -0.2) is 33.2 Å². The van der Waals surface area contributed by atoms with Crippen LogP contribution in [0.25, 0.3) is 10.8 Å². The van der Waals surface area contributed by atoms with Crippen molar-refractivity contribution in [2.24, 2.45) is 0 Å². The maximum Gasteiger partial charge on any atom is 0.359 e. The highest BCUT2D eigenvalue weighted by Gasteiger charge is 2.18. The lowest BCUT2D eigenvalue weighted by molar-refractivity contribution is -0.119. The molecular weight excluding hydrogens is 372 g/mol. The van der Waals surface area contributed by atoms with Crippen LogP contribution in [0.5, 0.6) is 0 Å². The Balaban J connectivity index is 1.76. The molecule has 0 saturated heterocycles. The zero-order valence-corrected chi connectivity index (χ0v) is 15.1. The Morgan fingerprint density at radius 1 is 1.19 bits per heavy atom. The Hall–Kier alpha value is -3.26. The zero-order chi connectivity index (χ0) is 19.4. The molecule has 2 heterocycles. The molecule has 0 fully saturated rings. The smallest absolute Gasteiger partial charge is 0.359 e. The van der Waals surface area contributed by atoms with Crippen molar-refractivity contribution in [3.05, 3.63) is 63.7 Å². The number of carbonyl (C=O) groups excluding carboxylic acids is 2. The molecule has 0 aliphatic rings. The lowest BCUT2D eigenvalue weighted by Crippen LogP contribution is -2.27. The molecule has 9 heteroatoms. The maximum absolute atomic E-state index is 12.4. The minimum atomic E-state index is -0.799. The molecule has 138 valence electrons. The third kappa shape index (κ3) is 4.12. The summed E-state index contributed by atoms with van der Waals surface area (Å²) in [5.74, 6) is -1.08. The van der Waals surface area contributed by atoms with Gasteiger partial charge in [-0.05, 0) is 25.1 Å². The first kappa shape index (κ1) is 18.5. The molecule has 1 N–H and O–H groups in total. The summed E-state index contributed by atoms with van der Waals surface area (Å²) < 4.78 is 6.23. The van der Waals surface area contributed by atoms with Crippen molar-refractivity contribution in [2.45, 2.75) is 13.5 Å². The van der Waals surface area contributed by atoms with Crippen molar-refractivity contribution in [3.63, 3.8) is 0 Å². The van der Waals surface area contributed by atoms with Gasteiger partial charge in [-0.2, -0.15) is 5.10 Å². The Morgan fingerprint density at radius 3 is 2.59 bits per heavy atom. The molecule has 0 atom stereocenters. The molecule has 1 aromatic carbocycles. The molecule has 0 aliphatic carbocycles. The van der Waals surface area contributed by atoms with Crippen LogP contribution in [0.3, 0.4) is 0 Å². The van der Waals surface area contributed by atoms with Crippen molar-refractivity contribution in [2.75, 3.05) is 11.9 Å². The largest absolute Gasteiger partial charge is 0.451 e. The Bertz CT molecular complexity index is 1060. The Kier molecular flexibility index (Phi) is 5.46. The monoisotopic (exact) mass is 386 g/mol. The van der Waals surface area contributed by atoms with Crippen LogP contribution in [-0.2, 0) is 16.1 Å². The number of rotatable bonds is 5. The van der Waals surface area contributed by atoms with E-state index >= 15 is 0 Å². The van der Waals surface area contributed by atoms with E-state index in [-0.39, 0.29) is 17.1 Å². The van der Waals surface area contributed by atoms with Gasteiger partial charge in [-0.15, -0.1) is 0 Å². The van der Waals surface area contributed by atoms with E-state index in [1.54, 1.807) is 37.3 Å². The molecule has 1 amide bonds. The number of esters is 1.